The van der Waals surface area contributed by atoms with Crippen molar-refractivity contribution in [3.05, 3.63) is 11.8 Å². The quantitative estimate of drug-likeness (QED) is 0.659. The molecule has 64 valence electrons. The SMILES string of the molecule is CC(C)C(O)C1=COCCC1. The standard InChI is InChI=1S/C9H16O2/c1-7(2)9(10)8-4-3-5-11-6-8/h6-7,9-10H,3-5H2,1-2H3. The molecule has 0 aromatic rings. The fraction of sp³-hybridized carbons (Fsp3) is 0.778. The van der Waals surface area contributed by atoms with Crippen LogP contribution in [-0.4, -0.2) is 17.8 Å². The first-order chi connectivity index (χ1) is 5.22. The molecule has 0 spiro atoms. The van der Waals surface area contributed by atoms with Crippen LogP contribution in [0.5, 0.6) is 0 Å². The molecule has 0 bridgehead atoms. The number of ether oxygens (including phenoxy) is 1. The Morgan fingerprint density at radius 3 is 2.73 bits per heavy atom. The Bertz CT molecular complexity index is 150. The minimum absolute atomic E-state index is 0.294. The predicted octanol–water partition coefficient (Wildman–Crippen LogP) is 1.70. The molecule has 1 N–H and O–H groups in total. The molecule has 0 radical (unpaired) electrons. The van der Waals surface area contributed by atoms with E-state index in [1.807, 2.05) is 13.8 Å². The summed E-state index contributed by atoms with van der Waals surface area (Å²) in [6.45, 7) is 4.83. The van der Waals surface area contributed by atoms with E-state index in [0.29, 0.717) is 5.92 Å². The summed E-state index contributed by atoms with van der Waals surface area (Å²) in [6, 6.07) is 0. The number of hydrogen-bond donors (Lipinski definition) is 1. The third kappa shape index (κ3) is 2.22. The van der Waals surface area contributed by atoms with E-state index in [-0.39, 0.29) is 6.10 Å². The molecule has 1 heterocycles. The highest BCUT2D eigenvalue weighted by Crippen LogP contribution is 2.20. The van der Waals surface area contributed by atoms with Gasteiger partial charge in [0.25, 0.3) is 0 Å². The van der Waals surface area contributed by atoms with Crippen molar-refractivity contribution in [2.75, 3.05) is 6.61 Å². The Labute approximate surface area is 67.9 Å². The van der Waals surface area contributed by atoms with Gasteiger partial charge in [-0.05, 0) is 24.3 Å². The van der Waals surface area contributed by atoms with Crippen LogP contribution < -0.4 is 0 Å². The molecule has 2 heteroatoms. The van der Waals surface area contributed by atoms with Crippen LogP contribution in [0.3, 0.4) is 0 Å². The fourth-order valence-electron chi connectivity index (χ4n) is 1.23. The summed E-state index contributed by atoms with van der Waals surface area (Å²) in [4.78, 5) is 0. The van der Waals surface area contributed by atoms with Crippen molar-refractivity contribution < 1.29 is 9.84 Å². The zero-order valence-corrected chi connectivity index (χ0v) is 7.21. The van der Waals surface area contributed by atoms with Crippen molar-refractivity contribution in [1.82, 2.24) is 0 Å². The van der Waals surface area contributed by atoms with E-state index in [1.54, 1.807) is 6.26 Å². The zero-order valence-electron chi connectivity index (χ0n) is 7.21. The summed E-state index contributed by atoms with van der Waals surface area (Å²) in [6.07, 6.45) is 3.43. The van der Waals surface area contributed by atoms with Crippen LogP contribution in [0.4, 0.5) is 0 Å². The third-order valence-corrected chi connectivity index (χ3v) is 1.97. The maximum Gasteiger partial charge on any atom is 0.0876 e. The van der Waals surface area contributed by atoms with E-state index < -0.39 is 0 Å². The Hall–Kier alpha value is -0.500. The van der Waals surface area contributed by atoms with Gasteiger partial charge in [-0.25, -0.2) is 0 Å². The van der Waals surface area contributed by atoms with Crippen LogP contribution >= 0.6 is 0 Å². The van der Waals surface area contributed by atoms with Gasteiger partial charge in [0.05, 0.1) is 19.0 Å². The average molecular weight is 156 g/mol. The molecule has 0 saturated carbocycles. The van der Waals surface area contributed by atoms with Gasteiger partial charge in [-0.3, -0.25) is 0 Å². The van der Waals surface area contributed by atoms with Crippen LogP contribution in [0.2, 0.25) is 0 Å². The fourth-order valence-corrected chi connectivity index (χ4v) is 1.23. The van der Waals surface area contributed by atoms with Gasteiger partial charge in [0.15, 0.2) is 0 Å². The van der Waals surface area contributed by atoms with Crippen LogP contribution in [0.1, 0.15) is 26.7 Å². The molecule has 2 nitrogen and oxygen atoms in total. The molecule has 0 saturated heterocycles. The van der Waals surface area contributed by atoms with E-state index >= 15 is 0 Å². The van der Waals surface area contributed by atoms with Crippen LogP contribution in [0, 0.1) is 5.92 Å². The highest BCUT2D eigenvalue weighted by Gasteiger charge is 2.16. The van der Waals surface area contributed by atoms with Crippen LogP contribution in [0.15, 0.2) is 11.8 Å². The number of hydrogen-bond acceptors (Lipinski definition) is 2. The summed E-state index contributed by atoms with van der Waals surface area (Å²) < 4.78 is 5.13. The van der Waals surface area contributed by atoms with Crippen molar-refractivity contribution in [2.24, 2.45) is 5.92 Å². The zero-order chi connectivity index (χ0) is 8.27. The largest absolute Gasteiger partial charge is 0.501 e. The molecule has 0 amide bonds. The molecule has 1 aliphatic heterocycles. The lowest BCUT2D eigenvalue weighted by atomic mass is 9.96. The average Bonchev–Trinajstić information content (AvgIpc) is 2.05. The molecule has 1 atom stereocenters. The topological polar surface area (TPSA) is 29.5 Å². The molecule has 0 aromatic carbocycles. The molecule has 1 aliphatic rings. The molecular weight excluding hydrogens is 140 g/mol. The van der Waals surface area contributed by atoms with Crippen molar-refractivity contribution >= 4 is 0 Å². The van der Waals surface area contributed by atoms with Crippen molar-refractivity contribution in [2.45, 2.75) is 32.8 Å². The summed E-state index contributed by atoms with van der Waals surface area (Å²) >= 11 is 0. The minimum atomic E-state index is -0.310. The van der Waals surface area contributed by atoms with Crippen molar-refractivity contribution in [3.8, 4) is 0 Å². The second-order valence-electron chi connectivity index (χ2n) is 3.36. The maximum absolute atomic E-state index is 9.60. The molecule has 1 unspecified atom stereocenters. The van der Waals surface area contributed by atoms with E-state index in [2.05, 4.69) is 0 Å². The van der Waals surface area contributed by atoms with Gasteiger partial charge >= 0.3 is 0 Å². The van der Waals surface area contributed by atoms with Gasteiger partial charge < -0.3 is 9.84 Å². The molecule has 0 fully saturated rings. The highest BCUT2D eigenvalue weighted by atomic mass is 16.5. The lowest BCUT2D eigenvalue weighted by Gasteiger charge is -2.21. The van der Waals surface area contributed by atoms with Gasteiger partial charge in [-0.15, -0.1) is 0 Å². The van der Waals surface area contributed by atoms with E-state index in [1.165, 1.54) is 0 Å². The first-order valence-corrected chi connectivity index (χ1v) is 4.20. The van der Waals surface area contributed by atoms with Gasteiger partial charge in [0, 0.05) is 0 Å². The Morgan fingerprint density at radius 1 is 1.55 bits per heavy atom. The first-order valence-electron chi connectivity index (χ1n) is 4.20. The van der Waals surface area contributed by atoms with Gasteiger partial charge in [-0.1, -0.05) is 13.8 Å². The maximum atomic E-state index is 9.60. The van der Waals surface area contributed by atoms with E-state index in [9.17, 15) is 5.11 Å². The second kappa shape index (κ2) is 3.77. The van der Waals surface area contributed by atoms with E-state index in [0.717, 1.165) is 25.0 Å². The third-order valence-electron chi connectivity index (χ3n) is 1.97. The summed E-state index contributed by atoms with van der Waals surface area (Å²) in [7, 11) is 0. The van der Waals surface area contributed by atoms with E-state index in [4.69, 9.17) is 4.74 Å². The first kappa shape index (κ1) is 8.60. The van der Waals surface area contributed by atoms with Gasteiger partial charge in [0.2, 0.25) is 0 Å². The molecule has 11 heavy (non-hydrogen) atoms. The summed E-state index contributed by atoms with van der Waals surface area (Å²) in [5.41, 5.74) is 1.05. The monoisotopic (exact) mass is 156 g/mol. The normalized spacial score (nSPS) is 20.9. The Kier molecular flexibility index (Phi) is 2.94. The number of aliphatic hydroxyl groups excluding tert-OH is 1. The Balaban J connectivity index is 2.51. The number of rotatable bonds is 2. The second-order valence-corrected chi connectivity index (χ2v) is 3.36. The highest BCUT2D eigenvalue weighted by molar-refractivity contribution is 5.07. The smallest absolute Gasteiger partial charge is 0.0876 e. The molecular formula is C9H16O2. The lowest BCUT2D eigenvalue weighted by molar-refractivity contribution is 0.134. The lowest BCUT2D eigenvalue weighted by Crippen LogP contribution is -2.20. The Morgan fingerprint density at radius 2 is 2.27 bits per heavy atom. The van der Waals surface area contributed by atoms with Gasteiger partial charge in [0.1, 0.15) is 0 Å². The van der Waals surface area contributed by atoms with Crippen molar-refractivity contribution in [3.63, 3.8) is 0 Å². The van der Waals surface area contributed by atoms with Crippen molar-refractivity contribution in [1.29, 1.82) is 0 Å². The molecule has 0 aliphatic carbocycles. The molecule has 1 rings (SSSR count). The number of aliphatic hydroxyl groups is 1. The van der Waals surface area contributed by atoms with Crippen LogP contribution in [0.25, 0.3) is 0 Å². The minimum Gasteiger partial charge on any atom is -0.501 e. The molecule has 0 aromatic heterocycles. The van der Waals surface area contributed by atoms with Gasteiger partial charge in [-0.2, -0.15) is 0 Å². The van der Waals surface area contributed by atoms with Crippen LogP contribution in [-0.2, 0) is 4.74 Å². The predicted molar refractivity (Wildman–Crippen MR) is 44.1 cm³/mol. The summed E-state index contributed by atoms with van der Waals surface area (Å²) in [5, 5.41) is 9.60. The summed E-state index contributed by atoms with van der Waals surface area (Å²) in [5.74, 6) is 0.294.